The highest BCUT2D eigenvalue weighted by atomic mass is 79.9. The van der Waals surface area contributed by atoms with Crippen LogP contribution >= 0.6 is 43.5 Å². The van der Waals surface area contributed by atoms with Crippen LogP contribution in [0.1, 0.15) is 0 Å². The van der Waals surface area contributed by atoms with Crippen molar-refractivity contribution in [2.75, 3.05) is 5.32 Å². The predicted molar refractivity (Wildman–Crippen MR) is 74.3 cm³/mol. The third kappa shape index (κ3) is 3.18. The van der Waals surface area contributed by atoms with Crippen LogP contribution in [-0.4, -0.2) is 4.98 Å². The second kappa shape index (κ2) is 5.33. The Morgan fingerprint density at radius 3 is 2.71 bits per heavy atom. The topological polar surface area (TPSA) is 24.9 Å². The van der Waals surface area contributed by atoms with Gasteiger partial charge in [0.1, 0.15) is 11.6 Å². The zero-order chi connectivity index (χ0) is 12.4. The molecule has 0 aliphatic heterocycles. The van der Waals surface area contributed by atoms with Crippen LogP contribution in [0.4, 0.5) is 15.9 Å². The number of hydrogen-bond acceptors (Lipinski definition) is 2. The van der Waals surface area contributed by atoms with Crippen LogP contribution in [0.25, 0.3) is 0 Å². The SMILES string of the molecule is Fc1ccc(Br)cc1Nc1ncc(Cl)cc1Br. The van der Waals surface area contributed by atoms with E-state index in [2.05, 4.69) is 42.2 Å². The van der Waals surface area contributed by atoms with Crippen LogP contribution in [0.15, 0.2) is 39.4 Å². The molecular formula is C11H6Br2ClFN2. The summed E-state index contributed by atoms with van der Waals surface area (Å²) < 4.78 is 15.0. The van der Waals surface area contributed by atoms with Crippen molar-refractivity contribution in [2.45, 2.75) is 0 Å². The van der Waals surface area contributed by atoms with E-state index in [9.17, 15) is 4.39 Å². The van der Waals surface area contributed by atoms with E-state index in [0.717, 1.165) is 4.47 Å². The van der Waals surface area contributed by atoms with Crippen molar-refractivity contribution in [1.29, 1.82) is 0 Å². The normalized spacial score (nSPS) is 10.4. The van der Waals surface area contributed by atoms with Crippen molar-refractivity contribution in [3.05, 3.63) is 50.2 Å². The van der Waals surface area contributed by atoms with E-state index in [1.165, 1.54) is 12.3 Å². The standard InChI is InChI=1S/C11H6Br2ClFN2/c12-6-1-2-9(15)10(3-6)17-11-8(13)4-7(14)5-16-11/h1-5H,(H,16,17). The Bertz CT molecular complexity index is 563. The lowest BCUT2D eigenvalue weighted by Gasteiger charge is -2.09. The average Bonchev–Trinajstić information content (AvgIpc) is 2.27. The highest BCUT2D eigenvalue weighted by molar-refractivity contribution is 9.10. The molecule has 17 heavy (non-hydrogen) atoms. The van der Waals surface area contributed by atoms with E-state index < -0.39 is 0 Å². The van der Waals surface area contributed by atoms with Crippen LogP contribution in [0.3, 0.4) is 0 Å². The molecule has 0 radical (unpaired) electrons. The van der Waals surface area contributed by atoms with Gasteiger partial charge in [-0.15, -0.1) is 0 Å². The third-order valence-electron chi connectivity index (χ3n) is 1.99. The van der Waals surface area contributed by atoms with E-state index in [1.54, 1.807) is 18.2 Å². The first-order chi connectivity index (χ1) is 8.06. The molecule has 0 fully saturated rings. The fourth-order valence-corrected chi connectivity index (χ4v) is 2.33. The largest absolute Gasteiger partial charge is 0.337 e. The Labute approximate surface area is 119 Å². The fraction of sp³-hybridized carbons (Fsp3) is 0. The molecule has 2 rings (SSSR count). The highest BCUT2D eigenvalue weighted by Gasteiger charge is 2.07. The number of halogens is 4. The van der Waals surface area contributed by atoms with Gasteiger partial charge in [0.25, 0.3) is 0 Å². The second-order valence-electron chi connectivity index (χ2n) is 3.23. The van der Waals surface area contributed by atoms with Gasteiger partial charge in [0.15, 0.2) is 0 Å². The van der Waals surface area contributed by atoms with Crippen molar-refractivity contribution >= 4 is 55.0 Å². The zero-order valence-corrected chi connectivity index (χ0v) is 12.3. The van der Waals surface area contributed by atoms with Gasteiger partial charge in [0.05, 0.1) is 15.2 Å². The van der Waals surface area contributed by atoms with Gasteiger partial charge in [0, 0.05) is 10.7 Å². The number of nitrogens with zero attached hydrogens (tertiary/aromatic N) is 1. The number of nitrogens with one attached hydrogen (secondary N) is 1. The minimum absolute atomic E-state index is 0.342. The maximum atomic E-state index is 13.5. The maximum Gasteiger partial charge on any atom is 0.146 e. The van der Waals surface area contributed by atoms with Gasteiger partial charge in [-0.3, -0.25) is 0 Å². The molecule has 0 saturated carbocycles. The summed E-state index contributed by atoms with van der Waals surface area (Å²) in [4.78, 5) is 4.07. The Balaban J connectivity index is 2.34. The Morgan fingerprint density at radius 2 is 2.00 bits per heavy atom. The number of anilines is 2. The molecule has 0 aliphatic rings. The number of rotatable bonds is 2. The third-order valence-corrected chi connectivity index (χ3v) is 3.29. The van der Waals surface area contributed by atoms with Crippen LogP contribution < -0.4 is 5.32 Å². The van der Waals surface area contributed by atoms with Gasteiger partial charge in [-0.05, 0) is 40.2 Å². The molecule has 6 heteroatoms. The molecule has 1 aromatic carbocycles. The summed E-state index contributed by atoms with van der Waals surface area (Å²) in [7, 11) is 0. The van der Waals surface area contributed by atoms with E-state index >= 15 is 0 Å². The first kappa shape index (κ1) is 12.8. The number of aromatic nitrogens is 1. The zero-order valence-electron chi connectivity index (χ0n) is 8.35. The molecule has 2 aromatic rings. The summed E-state index contributed by atoms with van der Waals surface area (Å²) in [5.74, 6) is 0.156. The molecule has 0 spiro atoms. The van der Waals surface area contributed by atoms with Crippen molar-refractivity contribution < 1.29 is 4.39 Å². The Kier molecular flexibility index (Phi) is 4.01. The molecule has 1 N–H and O–H groups in total. The molecule has 0 unspecified atom stereocenters. The molecule has 2 nitrogen and oxygen atoms in total. The van der Waals surface area contributed by atoms with Crippen LogP contribution in [0.5, 0.6) is 0 Å². The quantitative estimate of drug-likeness (QED) is 0.780. The van der Waals surface area contributed by atoms with E-state index in [0.29, 0.717) is 21.0 Å². The van der Waals surface area contributed by atoms with Gasteiger partial charge in [-0.2, -0.15) is 0 Å². The average molecular weight is 380 g/mol. The Morgan fingerprint density at radius 1 is 1.24 bits per heavy atom. The van der Waals surface area contributed by atoms with Crippen LogP contribution in [0.2, 0.25) is 5.02 Å². The van der Waals surface area contributed by atoms with Gasteiger partial charge in [0.2, 0.25) is 0 Å². The molecule has 0 bridgehead atoms. The molecule has 0 amide bonds. The van der Waals surface area contributed by atoms with Gasteiger partial charge in [-0.25, -0.2) is 9.37 Å². The summed E-state index contributed by atoms with van der Waals surface area (Å²) in [6.45, 7) is 0. The lowest BCUT2D eigenvalue weighted by Crippen LogP contribution is -1.97. The smallest absolute Gasteiger partial charge is 0.146 e. The van der Waals surface area contributed by atoms with Crippen LogP contribution in [-0.2, 0) is 0 Å². The summed E-state index contributed by atoms with van der Waals surface area (Å²) in [5.41, 5.74) is 0.342. The molecule has 0 atom stereocenters. The highest BCUT2D eigenvalue weighted by Crippen LogP contribution is 2.28. The lowest BCUT2D eigenvalue weighted by atomic mass is 10.3. The first-order valence-corrected chi connectivity index (χ1v) is 6.56. The number of pyridine rings is 1. The maximum absolute atomic E-state index is 13.5. The molecule has 1 heterocycles. The van der Waals surface area contributed by atoms with Gasteiger partial charge >= 0.3 is 0 Å². The van der Waals surface area contributed by atoms with Gasteiger partial charge < -0.3 is 5.32 Å². The lowest BCUT2D eigenvalue weighted by molar-refractivity contribution is 0.631. The minimum Gasteiger partial charge on any atom is -0.337 e. The molecule has 88 valence electrons. The van der Waals surface area contributed by atoms with E-state index in [1.807, 2.05) is 0 Å². The fourth-order valence-electron chi connectivity index (χ4n) is 1.23. The minimum atomic E-state index is -0.350. The number of benzene rings is 1. The predicted octanol–water partition coefficient (Wildman–Crippen LogP) is 5.14. The Hall–Kier alpha value is -0.650. The number of hydrogen-bond donors (Lipinski definition) is 1. The first-order valence-electron chi connectivity index (χ1n) is 4.59. The molecule has 1 aromatic heterocycles. The van der Waals surface area contributed by atoms with Crippen LogP contribution in [0, 0.1) is 5.82 Å². The molecule has 0 saturated heterocycles. The van der Waals surface area contributed by atoms with Crippen molar-refractivity contribution in [3.63, 3.8) is 0 Å². The van der Waals surface area contributed by atoms with Gasteiger partial charge in [-0.1, -0.05) is 27.5 Å². The molecular weight excluding hydrogens is 374 g/mol. The van der Waals surface area contributed by atoms with Crippen molar-refractivity contribution in [2.24, 2.45) is 0 Å². The van der Waals surface area contributed by atoms with E-state index in [4.69, 9.17) is 11.6 Å². The monoisotopic (exact) mass is 378 g/mol. The van der Waals surface area contributed by atoms with Crippen molar-refractivity contribution in [3.8, 4) is 0 Å². The summed E-state index contributed by atoms with van der Waals surface area (Å²) in [6.07, 6.45) is 1.49. The summed E-state index contributed by atoms with van der Waals surface area (Å²) in [5, 5.41) is 3.40. The van der Waals surface area contributed by atoms with Crippen molar-refractivity contribution in [1.82, 2.24) is 4.98 Å². The van der Waals surface area contributed by atoms with E-state index in [-0.39, 0.29) is 5.82 Å². The summed E-state index contributed by atoms with van der Waals surface area (Å²) in [6, 6.07) is 6.33. The molecule has 0 aliphatic carbocycles. The second-order valence-corrected chi connectivity index (χ2v) is 5.44. The summed E-state index contributed by atoms with van der Waals surface area (Å²) >= 11 is 12.4.